The fourth-order valence-electron chi connectivity index (χ4n) is 3.81. The predicted molar refractivity (Wildman–Crippen MR) is 116 cm³/mol. The fourth-order valence-corrected chi connectivity index (χ4v) is 4.17. The lowest BCUT2D eigenvalue weighted by atomic mass is 9.96. The average molecular weight is 409 g/mol. The van der Waals surface area contributed by atoms with Crippen molar-refractivity contribution in [2.75, 3.05) is 26.2 Å². The van der Waals surface area contributed by atoms with Crippen molar-refractivity contribution in [1.29, 1.82) is 0 Å². The van der Waals surface area contributed by atoms with Crippen molar-refractivity contribution >= 4 is 23.2 Å². The number of nitrogens with one attached hydrogen (secondary N) is 2. The maximum Gasteiger partial charge on any atom is 0.0409 e. The maximum atomic E-state index is 5.97. The molecular formula is C22H30Cl2N2O. The normalized spacial score (nSPS) is 21.3. The van der Waals surface area contributed by atoms with Crippen LogP contribution in [0.2, 0.25) is 10.0 Å². The Bertz CT molecular complexity index is 688. The van der Waals surface area contributed by atoms with Gasteiger partial charge in [0.15, 0.2) is 0 Å². The fraction of sp³-hybridized carbons (Fsp3) is 0.455. The highest BCUT2D eigenvalue weighted by molar-refractivity contribution is 6.30. The largest absolute Gasteiger partial charge is 0.412 e. The summed E-state index contributed by atoms with van der Waals surface area (Å²) < 4.78 is 0. The van der Waals surface area contributed by atoms with Crippen LogP contribution in [0.1, 0.15) is 47.9 Å². The van der Waals surface area contributed by atoms with Gasteiger partial charge < -0.3 is 16.1 Å². The molecule has 4 rings (SSSR count). The van der Waals surface area contributed by atoms with E-state index in [2.05, 4.69) is 48.7 Å². The van der Waals surface area contributed by atoms with Gasteiger partial charge in [0.25, 0.3) is 0 Å². The molecular weight excluding hydrogens is 379 g/mol. The Hall–Kier alpha value is -1.10. The number of rotatable bonds is 0. The van der Waals surface area contributed by atoms with E-state index in [1.807, 2.05) is 12.1 Å². The van der Waals surface area contributed by atoms with Gasteiger partial charge in [-0.3, -0.25) is 0 Å². The van der Waals surface area contributed by atoms with E-state index in [-0.39, 0.29) is 5.48 Å². The van der Waals surface area contributed by atoms with Crippen molar-refractivity contribution in [3.63, 3.8) is 0 Å². The van der Waals surface area contributed by atoms with Crippen LogP contribution in [0.25, 0.3) is 0 Å². The molecule has 2 heterocycles. The molecule has 3 nitrogen and oxygen atoms in total. The summed E-state index contributed by atoms with van der Waals surface area (Å²) in [5.74, 6) is 1.16. The molecule has 5 heteroatoms. The van der Waals surface area contributed by atoms with Crippen LogP contribution in [0.15, 0.2) is 36.4 Å². The minimum Gasteiger partial charge on any atom is -0.412 e. The molecule has 2 aromatic carbocycles. The van der Waals surface area contributed by atoms with E-state index < -0.39 is 0 Å². The molecule has 0 radical (unpaired) electrons. The van der Waals surface area contributed by atoms with E-state index in [1.54, 1.807) is 0 Å². The Balaban J connectivity index is 0.000000187. The molecule has 0 saturated carbocycles. The van der Waals surface area contributed by atoms with Gasteiger partial charge in [0.1, 0.15) is 0 Å². The van der Waals surface area contributed by atoms with Gasteiger partial charge in [-0.1, -0.05) is 49.2 Å². The SMILES string of the molecule is C[C@H]1CNCCc2ccc(Cl)cc21.C[C@H]1CNCCc2ccc(Cl)cc21.O. The van der Waals surface area contributed by atoms with Crippen LogP contribution < -0.4 is 10.6 Å². The van der Waals surface area contributed by atoms with Crippen LogP contribution in [0.3, 0.4) is 0 Å². The van der Waals surface area contributed by atoms with Gasteiger partial charge in [0, 0.05) is 23.1 Å². The molecule has 27 heavy (non-hydrogen) atoms. The van der Waals surface area contributed by atoms with Crippen molar-refractivity contribution in [2.24, 2.45) is 0 Å². The van der Waals surface area contributed by atoms with Gasteiger partial charge in [-0.25, -0.2) is 0 Å². The summed E-state index contributed by atoms with van der Waals surface area (Å²) in [7, 11) is 0. The molecule has 0 aliphatic carbocycles. The van der Waals surface area contributed by atoms with Gasteiger partial charge in [-0.15, -0.1) is 0 Å². The lowest BCUT2D eigenvalue weighted by molar-refractivity contribution is 0.644. The first-order valence-electron chi connectivity index (χ1n) is 9.52. The summed E-state index contributed by atoms with van der Waals surface area (Å²) in [5.41, 5.74) is 5.72. The summed E-state index contributed by atoms with van der Waals surface area (Å²) in [6.45, 7) is 8.78. The Morgan fingerprint density at radius 3 is 1.56 bits per heavy atom. The quantitative estimate of drug-likeness (QED) is 0.680. The molecule has 0 unspecified atom stereocenters. The van der Waals surface area contributed by atoms with Crippen molar-refractivity contribution in [1.82, 2.24) is 10.6 Å². The smallest absolute Gasteiger partial charge is 0.0409 e. The molecule has 0 saturated heterocycles. The van der Waals surface area contributed by atoms with Crippen LogP contribution in [0.5, 0.6) is 0 Å². The number of benzene rings is 2. The topological polar surface area (TPSA) is 55.6 Å². The average Bonchev–Trinajstić information content (AvgIpc) is 2.92. The summed E-state index contributed by atoms with van der Waals surface area (Å²) in [5, 5.41) is 8.55. The van der Waals surface area contributed by atoms with Crippen LogP contribution in [0.4, 0.5) is 0 Å². The summed E-state index contributed by atoms with van der Waals surface area (Å²) in [4.78, 5) is 0. The van der Waals surface area contributed by atoms with Gasteiger partial charge >= 0.3 is 0 Å². The Labute approximate surface area is 172 Å². The van der Waals surface area contributed by atoms with Crippen LogP contribution in [-0.4, -0.2) is 31.7 Å². The third-order valence-corrected chi connectivity index (χ3v) is 5.79. The van der Waals surface area contributed by atoms with Crippen molar-refractivity contribution in [3.8, 4) is 0 Å². The van der Waals surface area contributed by atoms with E-state index in [0.29, 0.717) is 11.8 Å². The first-order chi connectivity index (χ1) is 12.5. The zero-order valence-corrected chi connectivity index (χ0v) is 17.6. The molecule has 0 amide bonds. The standard InChI is InChI=1S/2C11H14ClN.H2O/c2*1-8-7-13-5-4-9-2-3-10(12)6-11(8)9;/h2*2-3,6,8,13H,4-5,7H2,1H3;1H2/t2*8-;/m00./s1. The third-order valence-electron chi connectivity index (χ3n) is 5.32. The number of hydrogen-bond acceptors (Lipinski definition) is 2. The molecule has 0 fully saturated rings. The van der Waals surface area contributed by atoms with Crippen LogP contribution in [0, 0.1) is 0 Å². The molecule has 0 spiro atoms. The predicted octanol–water partition coefficient (Wildman–Crippen LogP) is 4.35. The minimum absolute atomic E-state index is 0. The highest BCUT2D eigenvalue weighted by Gasteiger charge is 2.15. The maximum absolute atomic E-state index is 5.97. The van der Waals surface area contributed by atoms with E-state index in [9.17, 15) is 0 Å². The molecule has 4 N–H and O–H groups in total. The lowest BCUT2D eigenvalue weighted by Crippen LogP contribution is -2.18. The highest BCUT2D eigenvalue weighted by atomic mass is 35.5. The second kappa shape index (κ2) is 10.4. The van der Waals surface area contributed by atoms with Gasteiger partial charge in [-0.2, -0.15) is 0 Å². The van der Waals surface area contributed by atoms with Crippen molar-refractivity contribution < 1.29 is 5.48 Å². The highest BCUT2D eigenvalue weighted by Crippen LogP contribution is 2.26. The van der Waals surface area contributed by atoms with Gasteiger partial charge in [0.05, 0.1) is 0 Å². The van der Waals surface area contributed by atoms with Crippen LogP contribution in [-0.2, 0) is 12.8 Å². The molecule has 2 aliphatic rings. The molecule has 0 aromatic heterocycles. The van der Waals surface area contributed by atoms with Crippen LogP contribution >= 0.6 is 23.2 Å². The molecule has 0 bridgehead atoms. The Morgan fingerprint density at radius 1 is 0.741 bits per heavy atom. The van der Waals surface area contributed by atoms with Gasteiger partial charge in [-0.05, 0) is 84.3 Å². The summed E-state index contributed by atoms with van der Waals surface area (Å²) in [6, 6.07) is 12.5. The van der Waals surface area contributed by atoms with Crippen molar-refractivity contribution in [3.05, 3.63) is 68.7 Å². The molecule has 2 aliphatic heterocycles. The third kappa shape index (κ3) is 5.94. The van der Waals surface area contributed by atoms with E-state index >= 15 is 0 Å². The second-order valence-corrected chi connectivity index (χ2v) is 8.27. The van der Waals surface area contributed by atoms with Crippen molar-refractivity contribution in [2.45, 2.75) is 38.5 Å². The molecule has 148 valence electrons. The number of halogens is 2. The first-order valence-corrected chi connectivity index (χ1v) is 10.3. The van der Waals surface area contributed by atoms with E-state index in [4.69, 9.17) is 23.2 Å². The molecule has 2 atom stereocenters. The van der Waals surface area contributed by atoms with Gasteiger partial charge in [0.2, 0.25) is 0 Å². The lowest BCUT2D eigenvalue weighted by Gasteiger charge is -2.11. The summed E-state index contributed by atoms with van der Waals surface area (Å²) >= 11 is 11.9. The second-order valence-electron chi connectivity index (χ2n) is 7.40. The zero-order chi connectivity index (χ0) is 18.5. The molecule has 2 aromatic rings. The summed E-state index contributed by atoms with van der Waals surface area (Å²) in [6.07, 6.45) is 2.24. The van der Waals surface area contributed by atoms with E-state index in [0.717, 1.165) is 49.1 Å². The number of hydrogen-bond donors (Lipinski definition) is 2. The Kier molecular flexibility index (Phi) is 8.59. The minimum atomic E-state index is 0. The zero-order valence-electron chi connectivity index (χ0n) is 16.1. The monoisotopic (exact) mass is 408 g/mol. The first kappa shape index (κ1) is 22.2. The van der Waals surface area contributed by atoms with E-state index in [1.165, 1.54) is 22.3 Å². The Morgan fingerprint density at radius 2 is 1.15 bits per heavy atom. The number of fused-ring (bicyclic) bond motifs is 2.